The van der Waals surface area contributed by atoms with Crippen molar-refractivity contribution in [3.05, 3.63) is 52.9 Å². The largest absolute Gasteiger partial charge is 0.496 e. The molecule has 0 saturated heterocycles. The SMILES string of the molecule is COc1cc(OC)c(C(=O)CCC(=O)N/N=C(\C)c2csc3ccccc23)cc1OC. The summed E-state index contributed by atoms with van der Waals surface area (Å²) in [5.74, 6) is 0.657. The number of thiophene rings is 1. The Hall–Kier alpha value is -3.39. The molecule has 0 unspecified atom stereocenters. The molecule has 31 heavy (non-hydrogen) atoms. The van der Waals surface area contributed by atoms with Gasteiger partial charge in [0.15, 0.2) is 17.3 Å². The highest BCUT2D eigenvalue weighted by atomic mass is 32.1. The average molecular weight is 441 g/mol. The van der Waals surface area contributed by atoms with Gasteiger partial charge in [0, 0.05) is 39.9 Å². The summed E-state index contributed by atoms with van der Waals surface area (Å²) in [7, 11) is 4.46. The van der Waals surface area contributed by atoms with Gasteiger partial charge in [0.2, 0.25) is 5.91 Å². The van der Waals surface area contributed by atoms with Crippen molar-refractivity contribution in [1.82, 2.24) is 5.43 Å². The second-order valence-electron chi connectivity index (χ2n) is 6.71. The number of carbonyl (C=O) groups excluding carboxylic acids is 2. The van der Waals surface area contributed by atoms with E-state index in [1.54, 1.807) is 23.5 Å². The van der Waals surface area contributed by atoms with Crippen LogP contribution >= 0.6 is 11.3 Å². The molecule has 0 aliphatic heterocycles. The van der Waals surface area contributed by atoms with Crippen molar-refractivity contribution in [3.63, 3.8) is 0 Å². The lowest BCUT2D eigenvalue weighted by Crippen LogP contribution is -2.20. The molecule has 162 valence electrons. The van der Waals surface area contributed by atoms with Crippen LogP contribution in [0.3, 0.4) is 0 Å². The highest BCUT2D eigenvalue weighted by Gasteiger charge is 2.18. The van der Waals surface area contributed by atoms with Crippen molar-refractivity contribution in [2.24, 2.45) is 5.10 Å². The summed E-state index contributed by atoms with van der Waals surface area (Å²) in [6, 6.07) is 11.2. The molecule has 3 aromatic rings. The van der Waals surface area contributed by atoms with E-state index in [4.69, 9.17) is 14.2 Å². The molecule has 0 spiro atoms. The minimum Gasteiger partial charge on any atom is -0.496 e. The lowest BCUT2D eigenvalue weighted by Gasteiger charge is -2.13. The first-order valence-corrected chi connectivity index (χ1v) is 10.5. The smallest absolute Gasteiger partial charge is 0.240 e. The summed E-state index contributed by atoms with van der Waals surface area (Å²) in [5, 5.41) is 7.31. The van der Waals surface area contributed by atoms with E-state index in [1.165, 1.54) is 21.3 Å². The summed E-state index contributed by atoms with van der Waals surface area (Å²) < 4.78 is 16.9. The third-order valence-corrected chi connectivity index (χ3v) is 5.77. The van der Waals surface area contributed by atoms with E-state index >= 15 is 0 Å². The predicted octanol–water partition coefficient (Wildman–Crippen LogP) is 4.43. The van der Waals surface area contributed by atoms with Gasteiger partial charge < -0.3 is 14.2 Å². The van der Waals surface area contributed by atoms with Crippen molar-refractivity contribution in [2.75, 3.05) is 21.3 Å². The molecule has 0 atom stereocenters. The van der Waals surface area contributed by atoms with Gasteiger partial charge in [-0.2, -0.15) is 5.10 Å². The molecule has 2 aromatic carbocycles. The first-order valence-electron chi connectivity index (χ1n) is 9.61. The Morgan fingerprint density at radius 1 is 0.935 bits per heavy atom. The van der Waals surface area contributed by atoms with E-state index in [0.717, 1.165) is 15.6 Å². The van der Waals surface area contributed by atoms with Crippen LogP contribution in [0.25, 0.3) is 10.1 Å². The van der Waals surface area contributed by atoms with Crippen molar-refractivity contribution in [1.29, 1.82) is 0 Å². The Morgan fingerprint density at radius 2 is 1.61 bits per heavy atom. The van der Waals surface area contributed by atoms with Crippen LogP contribution in [0.15, 0.2) is 46.9 Å². The number of amides is 1. The van der Waals surface area contributed by atoms with Gasteiger partial charge in [0.25, 0.3) is 0 Å². The Balaban J connectivity index is 1.64. The minimum atomic E-state index is -0.341. The summed E-state index contributed by atoms with van der Waals surface area (Å²) in [6.07, 6.45) is 0.00508. The maximum Gasteiger partial charge on any atom is 0.240 e. The van der Waals surface area contributed by atoms with E-state index < -0.39 is 0 Å². The number of ketones is 1. The van der Waals surface area contributed by atoms with Gasteiger partial charge in [0.1, 0.15) is 5.75 Å². The fraction of sp³-hybridized carbons (Fsp3) is 0.261. The summed E-state index contributed by atoms with van der Waals surface area (Å²) >= 11 is 1.63. The Labute approximate surface area is 184 Å². The molecule has 1 N–H and O–H groups in total. The summed E-state index contributed by atoms with van der Waals surface area (Å²) in [5.41, 5.74) is 4.55. The molecular formula is C23H24N2O5S. The minimum absolute atomic E-state index is 0.00248. The van der Waals surface area contributed by atoms with Gasteiger partial charge >= 0.3 is 0 Å². The number of Topliss-reactive ketones (excluding diaryl/α,β-unsaturated/α-hetero) is 1. The number of nitrogens with one attached hydrogen (secondary N) is 1. The monoisotopic (exact) mass is 440 g/mol. The number of methoxy groups -OCH3 is 3. The summed E-state index contributed by atoms with van der Waals surface area (Å²) in [6.45, 7) is 1.84. The number of hydrogen-bond donors (Lipinski definition) is 1. The van der Waals surface area contributed by atoms with Crippen molar-refractivity contribution < 1.29 is 23.8 Å². The van der Waals surface area contributed by atoms with Crippen LogP contribution in [0.1, 0.15) is 35.7 Å². The number of rotatable bonds is 9. The zero-order valence-corrected chi connectivity index (χ0v) is 18.7. The summed E-state index contributed by atoms with van der Waals surface area (Å²) in [4.78, 5) is 24.9. The molecule has 7 nitrogen and oxygen atoms in total. The van der Waals surface area contributed by atoms with Gasteiger partial charge in [-0.05, 0) is 19.1 Å². The molecule has 0 bridgehead atoms. The van der Waals surface area contributed by atoms with Crippen LogP contribution in [0, 0.1) is 0 Å². The predicted molar refractivity (Wildman–Crippen MR) is 122 cm³/mol. The normalized spacial score (nSPS) is 11.3. The van der Waals surface area contributed by atoms with Crippen molar-refractivity contribution in [2.45, 2.75) is 19.8 Å². The molecule has 0 aliphatic rings. The Kier molecular flexibility index (Phi) is 7.25. The third kappa shape index (κ3) is 5.03. The number of fused-ring (bicyclic) bond motifs is 1. The van der Waals surface area contributed by atoms with Gasteiger partial charge in [-0.25, -0.2) is 5.43 Å². The van der Waals surface area contributed by atoms with Gasteiger partial charge in [-0.1, -0.05) is 18.2 Å². The van der Waals surface area contributed by atoms with Crippen LogP contribution in [0.4, 0.5) is 0 Å². The second kappa shape index (κ2) is 10.1. The molecule has 8 heteroatoms. The first kappa shape index (κ1) is 22.3. The van der Waals surface area contributed by atoms with Crippen LogP contribution in [0.2, 0.25) is 0 Å². The molecule has 1 aromatic heterocycles. The van der Waals surface area contributed by atoms with Crippen LogP contribution in [-0.2, 0) is 4.79 Å². The van der Waals surface area contributed by atoms with Crippen LogP contribution in [-0.4, -0.2) is 38.7 Å². The number of hydrazone groups is 1. The molecule has 0 fully saturated rings. The Bertz CT molecular complexity index is 1140. The molecule has 0 radical (unpaired) electrons. The maximum atomic E-state index is 12.7. The van der Waals surface area contributed by atoms with E-state index in [9.17, 15) is 9.59 Å². The number of benzene rings is 2. The molecular weight excluding hydrogens is 416 g/mol. The molecule has 1 heterocycles. The van der Waals surface area contributed by atoms with Crippen molar-refractivity contribution >= 4 is 38.8 Å². The fourth-order valence-electron chi connectivity index (χ4n) is 3.13. The first-order chi connectivity index (χ1) is 15.0. The van der Waals surface area contributed by atoms with E-state index in [1.807, 2.05) is 36.6 Å². The molecule has 3 rings (SSSR count). The number of carbonyl (C=O) groups is 2. The quantitative estimate of drug-likeness (QED) is 0.302. The lowest BCUT2D eigenvalue weighted by molar-refractivity contribution is -0.121. The third-order valence-electron chi connectivity index (χ3n) is 4.80. The van der Waals surface area contributed by atoms with Gasteiger partial charge in [0.05, 0.1) is 32.6 Å². The van der Waals surface area contributed by atoms with Crippen molar-refractivity contribution in [3.8, 4) is 17.2 Å². The zero-order chi connectivity index (χ0) is 22.4. The molecule has 0 saturated carbocycles. The van der Waals surface area contributed by atoms with Crippen LogP contribution < -0.4 is 19.6 Å². The van der Waals surface area contributed by atoms with Crippen LogP contribution in [0.5, 0.6) is 17.2 Å². The second-order valence-corrected chi connectivity index (χ2v) is 7.62. The molecule has 1 amide bonds. The topological polar surface area (TPSA) is 86.2 Å². The number of hydrogen-bond acceptors (Lipinski definition) is 7. The zero-order valence-electron chi connectivity index (χ0n) is 17.9. The average Bonchev–Trinajstić information content (AvgIpc) is 3.24. The maximum absolute atomic E-state index is 12.7. The number of nitrogens with zero attached hydrogens (tertiary/aromatic N) is 1. The number of ether oxygens (including phenoxy) is 3. The van der Waals surface area contributed by atoms with E-state index in [0.29, 0.717) is 28.5 Å². The van der Waals surface area contributed by atoms with E-state index in [-0.39, 0.29) is 24.5 Å². The van der Waals surface area contributed by atoms with E-state index in [2.05, 4.69) is 10.5 Å². The fourth-order valence-corrected chi connectivity index (χ4v) is 4.13. The lowest BCUT2D eigenvalue weighted by atomic mass is 10.0. The highest BCUT2D eigenvalue weighted by molar-refractivity contribution is 7.17. The molecule has 0 aliphatic carbocycles. The standard InChI is InChI=1S/C23H24N2O5S/c1-14(17-13-31-22-8-6-5-7-15(17)22)24-25-23(27)10-9-18(26)16-11-20(29-3)21(30-4)12-19(16)28-2/h5-8,11-13H,9-10H2,1-4H3,(H,25,27)/b24-14+. The van der Waals surface area contributed by atoms with Gasteiger partial charge in [-0.3, -0.25) is 9.59 Å². The highest BCUT2D eigenvalue weighted by Crippen LogP contribution is 2.35. The Morgan fingerprint density at radius 3 is 2.32 bits per heavy atom. The van der Waals surface area contributed by atoms with Gasteiger partial charge in [-0.15, -0.1) is 11.3 Å².